The number of esters is 1. The lowest BCUT2D eigenvalue weighted by Crippen LogP contribution is -2.24. The van der Waals surface area contributed by atoms with Crippen molar-refractivity contribution in [2.24, 2.45) is 0 Å². The topological polar surface area (TPSA) is 44.8 Å². The molecule has 0 N–H and O–H groups in total. The monoisotopic (exact) mass is 258 g/mol. The third-order valence-corrected chi connectivity index (χ3v) is 1.90. The van der Waals surface area contributed by atoms with Crippen molar-refractivity contribution in [1.29, 1.82) is 0 Å². The zero-order valence-electron chi connectivity index (χ0n) is 12.0. The highest BCUT2D eigenvalue weighted by Gasteiger charge is 2.15. The van der Waals surface area contributed by atoms with E-state index in [9.17, 15) is 4.79 Å². The van der Waals surface area contributed by atoms with Gasteiger partial charge in [-0.3, -0.25) is 4.79 Å². The largest absolute Gasteiger partial charge is 0.460 e. The van der Waals surface area contributed by atoms with E-state index < -0.39 is 5.60 Å². The molecule has 4 heteroatoms. The molecule has 0 atom stereocenters. The molecular weight excluding hydrogens is 232 g/mol. The molecule has 4 nitrogen and oxygen atoms in total. The Morgan fingerprint density at radius 1 is 1.11 bits per heavy atom. The van der Waals surface area contributed by atoms with Gasteiger partial charge in [-0.1, -0.05) is 12.2 Å². The van der Waals surface area contributed by atoms with Crippen LogP contribution in [0.5, 0.6) is 0 Å². The molecule has 0 aliphatic carbocycles. The zero-order valence-corrected chi connectivity index (χ0v) is 12.0. The van der Waals surface area contributed by atoms with Crippen molar-refractivity contribution >= 4 is 5.97 Å². The van der Waals surface area contributed by atoms with Crippen molar-refractivity contribution in [2.75, 3.05) is 26.4 Å². The molecule has 0 aromatic rings. The number of hydrogen-bond donors (Lipinski definition) is 0. The van der Waals surface area contributed by atoms with Gasteiger partial charge in [0.2, 0.25) is 0 Å². The number of carbonyl (C=O) groups is 1. The third-order valence-electron chi connectivity index (χ3n) is 1.90. The molecule has 0 unspecified atom stereocenters. The summed E-state index contributed by atoms with van der Waals surface area (Å²) in [6.07, 6.45) is 5.06. The van der Waals surface area contributed by atoms with Gasteiger partial charge < -0.3 is 14.2 Å². The van der Waals surface area contributed by atoms with E-state index in [0.29, 0.717) is 32.8 Å². The first kappa shape index (κ1) is 17.1. The van der Waals surface area contributed by atoms with Gasteiger partial charge in [-0.15, -0.1) is 0 Å². The number of carbonyl (C=O) groups excluding carboxylic acids is 1. The molecule has 106 valence electrons. The van der Waals surface area contributed by atoms with Crippen molar-refractivity contribution in [3.8, 4) is 0 Å². The van der Waals surface area contributed by atoms with E-state index in [-0.39, 0.29) is 5.97 Å². The SMILES string of the molecule is C/C=C\COCCCOCCC(=O)OC(C)(C)C. The fourth-order valence-corrected chi connectivity index (χ4v) is 1.16. The molecule has 18 heavy (non-hydrogen) atoms. The van der Waals surface area contributed by atoms with E-state index in [2.05, 4.69) is 0 Å². The van der Waals surface area contributed by atoms with Crippen molar-refractivity contribution in [3.05, 3.63) is 12.2 Å². The van der Waals surface area contributed by atoms with Gasteiger partial charge in [0, 0.05) is 13.2 Å². The van der Waals surface area contributed by atoms with Crippen LogP contribution >= 0.6 is 0 Å². The summed E-state index contributed by atoms with van der Waals surface area (Å²) < 4.78 is 15.8. The summed E-state index contributed by atoms with van der Waals surface area (Å²) >= 11 is 0. The summed E-state index contributed by atoms with van der Waals surface area (Å²) in [6.45, 7) is 9.87. The molecule has 0 aromatic carbocycles. The maximum Gasteiger partial charge on any atom is 0.308 e. The predicted molar refractivity (Wildman–Crippen MR) is 71.5 cm³/mol. The molecule has 0 radical (unpaired) electrons. The molecular formula is C14H26O4. The van der Waals surface area contributed by atoms with E-state index in [1.165, 1.54) is 0 Å². The first-order valence-electron chi connectivity index (χ1n) is 6.44. The Morgan fingerprint density at radius 3 is 2.39 bits per heavy atom. The molecule has 0 heterocycles. The molecule has 0 aromatic heterocycles. The average Bonchev–Trinajstić information content (AvgIpc) is 2.24. The first-order chi connectivity index (χ1) is 8.45. The van der Waals surface area contributed by atoms with Crippen LogP contribution in [-0.4, -0.2) is 38.0 Å². The minimum Gasteiger partial charge on any atom is -0.460 e. The lowest BCUT2D eigenvalue weighted by Gasteiger charge is -2.19. The summed E-state index contributed by atoms with van der Waals surface area (Å²) in [4.78, 5) is 11.3. The number of hydrogen-bond acceptors (Lipinski definition) is 4. The van der Waals surface area contributed by atoms with Crippen LogP contribution in [-0.2, 0) is 19.0 Å². The zero-order chi connectivity index (χ0) is 13.9. The van der Waals surface area contributed by atoms with Crippen molar-refractivity contribution < 1.29 is 19.0 Å². The second-order valence-electron chi connectivity index (χ2n) is 4.95. The van der Waals surface area contributed by atoms with Gasteiger partial charge in [0.15, 0.2) is 0 Å². The lowest BCUT2D eigenvalue weighted by molar-refractivity contribution is -0.156. The van der Waals surface area contributed by atoms with Crippen LogP contribution in [0.2, 0.25) is 0 Å². The highest BCUT2D eigenvalue weighted by molar-refractivity contribution is 5.69. The standard InChI is InChI=1S/C14H26O4/c1-5-6-9-16-10-7-11-17-12-8-13(15)18-14(2,3)4/h5-6H,7-12H2,1-4H3/b6-5-. The molecule has 0 saturated heterocycles. The van der Waals surface area contributed by atoms with E-state index in [4.69, 9.17) is 14.2 Å². The Hall–Kier alpha value is -0.870. The Morgan fingerprint density at radius 2 is 1.78 bits per heavy atom. The molecule has 0 aliphatic rings. The van der Waals surface area contributed by atoms with E-state index >= 15 is 0 Å². The minimum absolute atomic E-state index is 0.216. The van der Waals surface area contributed by atoms with Crippen LogP contribution in [0.25, 0.3) is 0 Å². The fourth-order valence-electron chi connectivity index (χ4n) is 1.16. The van der Waals surface area contributed by atoms with Crippen LogP contribution in [0.3, 0.4) is 0 Å². The van der Waals surface area contributed by atoms with Gasteiger partial charge in [-0.05, 0) is 34.1 Å². The van der Waals surface area contributed by atoms with Crippen molar-refractivity contribution in [2.45, 2.75) is 46.1 Å². The smallest absolute Gasteiger partial charge is 0.308 e. The van der Waals surface area contributed by atoms with Crippen molar-refractivity contribution in [1.82, 2.24) is 0 Å². The van der Waals surface area contributed by atoms with Crippen LogP contribution < -0.4 is 0 Å². The van der Waals surface area contributed by atoms with E-state index in [1.54, 1.807) is 0 Å². The first-order valence-corrected chi connectivity index (χ1v) is 6.44. The number of rotatable bonds is 9. The second-order valence-corrected chi connectivity index (χ2v) is 4.95. The molecule has 0 spiro atoms. The summed E-state index contributed by atoms with van der Waals surface area (Å²) in [5, 5.41) is 0. The molecule has 0 fully saturated rings. The maximum atomic E-state index is 11.3. The van der Waals surface area contributed by atoms with E-state index in [0.717, 1.165) is 6.42 Å². The van der Waals surface area contributed by atoms with Crippen LogP contribution in [0.4, 0.5) is 0 Å². The quantitative estimate of drug-likeness (QED) is 0.362. The predicted octanol–water partition coefficient (Wildman–Crippen LogP) is 2.72. The molecule has 0 saturated carbocycles. The van der Waals surface area contributed by atoms with E-state index in [1.807, 2.05) is 39.8 Å². The third kappa shape index (κ3) is 13.2. The maximum absolute atomic E-state index is 11.3. The minimum atomic E-state index is -0.419. The Kier molecular flexibility index (Phi) is 9.60. The lowest BCUT2D eigenvalue weighted by atomic mass is 10.2. The Bertz CT molecular complexity index is 241. The van der Waals surface area contributed by atoms with Gasteiger partial charge in [0.25, 0.3) is 0 Å². The van der Waals surface area contributed by atoms with Crippen LogP contribution in [0, 0.1) is 0 Å². The summed E-state index contributed by atoms with van der Waals surface area (Å²) in [6, 6.07) is 0. The van der Waals surface area contributed by atoms with Crippen LogP contribution in [0.15, 0.2) is 12.2 Å². The van der Waals surface area contributed by atoms with Gasteiger partial charge in [0.1, 0.15) is 5.60 Å². The number of ether oxygens (including phenoxy) is 3. The molecule has 0 aliphatic heterocycles. The van der Waals surface area contributed by atoms with Gasteiger partial charge in [-0.25, -0.2) is 0 Å². The molecule has 0 amide bonds. The highest BCUT2D eigenvalue weighted by Crippen LogP contribution is 2.08. The van der Waals surface area contributed by atoms with Gasteiger partial charge in [0.05, 0.1) is 19.6 Å². The van der Waals surface area contributed by atoms with Crippen molar-refractivity contribution in [3.63, 3.8) is 0 Å². The normalized spacial score (nSPS) is 12.0. The fraction of sp³-hybridized carbons (Fsp3) is 0.786. The highest BCUT2D eigenvalue weighted by atomic mass is 16.6. The Labute approximate surface area is 110 Å². The van der Waals surface area contributed by atoms with Crippen LogP contribution in [0.1, 0.15) is 40.5 Å². The summed E-state index contributed by atoms with van der Waals surface area (Å²) in [7, 11) is 0. The Balaban J connectivity index is 3.28. The summed E-state index contributed by atoms with van der Waals surface area (Å²) in [5.41, 5.74) is -0.419. The van der Waals surface area contributed by atoms with Gasteiger partial charge in [-0.2, -0.15) is 0 Å². The second kappa shape index (κ2) is 10.1. The summed E-state index contributed by atoms with van der Waals surface area (Å²) in [5.74, 6) is -0.216. The molecule has 0 bridgehead atoms. The molecule has 0 rings (SSSR count). The average molecular weight is 258 g/mol. The van der Waals surface area contributed by atoms with Gasteiger partial charge >= 0.3 is 5.97 Å². The number of allylic oxidation sites excluding steroid dienone is 1.